The third-order valence-corrected chi connectivity index (χ3v) is 4.24. The van der Waals surface area contributed by atoms with Crippen LogP contribution in [-0.4, -0.2) is 49.0 Å². The van der Waals surface area contributed by atoms with Crippen molar-refractivity contribution in [1.82, 2.24) is 20.4 Å². The first-order chi connectivity index (χ1) is 12.7. The summed E-state index contributed by atoms with van der Waals surface area (Å²) >= 11 is 0. The van der Waals surface area contributed by atoms with Crippen molar-refractivity contribution in [2.75, 3.05) is 38.1 Å². The van der Waals surface area contributed by atoms with Gasteiger partial charge in [-0.1, -0.05) is 18.2 Å². The Bertz CT molecular complexity index is 656. The average molecular weight is 484 g/mol. The van der Waals surface area contributed by atoms with Crippen LogP contribution in [-0.2, 0) is 6.54 Å². The maximum absolute atomic E-state index is 4.30. The summed E-state index contributed by atoms with van der Waals surface area (Å²) in [6.45, 7) is 9.01. The first kappa shape index (κ1) is 23.3. The topological polar surface area (TPSA) is 57.5 Å². The normalized spacial score (nSPS) is 11.0. The average Bonchev–Trinajstić information content (AvgIpc) is 3.09. The number of rotatable bonds is 10. The Balaban J connectivity index is 0.00000364. The lowest BCUT2D eigenvalue weighted by Crippen LogP contribution is -2.39. The van der Waals surface area contributed by atoms with E-state index in [1.165, 1.54) is 11.3 Å². The second kappa shape index (κ2) is 13.4. The van der Waals surface area contributed by atoms with Crippen LogP contribution in [0.4, 0.5) is 5.69 Å². The van der Waals surface area contributed by atoms with Crippen molar-refractivity contribution >= 4 is 35.6 Å². The number of aryl methyl sites for hydroxylation is 2. The molecule has 7 heteroatoms. The van der Waals surface area contributed by atoms with Crippen LogP contribution < -0.4 is 15.5 Å². The van der Waals surface area contributed by atoms with E-state index in [0.29, 0.717) is 0 Å². The quantitative estimate of drug-likeness (QED) is 0.235. The number of para-hydroxylation sites is 1. The molecule has 2 aromatic rings. The SMILES string of the molecule is CCN(CCCNC(=NC)NCCCn1cc(C)cn1)c1ccccc1.I. The highest BCUT2D eigenvalue weighted by Crippen LogP contribution is 2.12. The van der Waals surface area contributed by atoms with Gasteiger partial charge >= 0.3 is 0 Å². The monoisotopic (exact) mass is 484 g/mol. The first-order valence-electron chi connectivity index (χ1n) is 9.46. The molecule has 0 radical (unpaired) electrons. The van der Waals surface area contributed by atoms with E-state index in [-0.39, 0.29) is 24.0 Å². The summed E-state index contributed by atoms with van der Waals surface area (Å²) in [6.07, 6.45) is 6.04. The van der Waals surface area contributed by atoms with Gasteiger partial charge in [0, 0.05) is 51.7 Å². The number of nitrogens with zero attached hydrogens (tertiary/aromatic N) is 4. The van der Waals surface area contributed by atoms with Crippen LogP contribution in [0.25, 0.3) is 0 Å². The molecule has 0 fully saturated rings. The maximum Gasteiger partial charge on any atom is 0.190 e. The molecule has 27 heavy (non-hydrogen) atoms. The highest BCUT2D eigenvalue weighted by Gasteiger charge is 2.03. The van der Waals surface area contributed by atoms with Gasteiger partial charge in [-0.25, -0.2) is 0 Å². The van der Waals surface area contributed by atoms with Crippen LogP contribution in [0, 0.1) is 6.92 Å². The summed E-state index contributed by atoms with van der Waals surface area (Å²) in [5, 5.41) is 11.1. The maximum atomic E-state index is 4.30. The number of aromatic nitrogens is 2. The van der Waals surface area contributed by atoms with E-state index in [2.05, 4.69) is 76.0 Å². The molecule has 2 rings (SSSR count). The molecule has 0 amide bonds. The molecule has 150 valence electrons. The minimum atomic E-state index is 0. The highest BCUT2D eigenvalue weighted by atomic mass is 127. The number of halogens is 1. The molecule has 2 N–H and O–H groups in total. The van der Waals surface area contributed by atoms with Gasteiger partial charge in [0.25, 0.3) is 0 Å². The standard InChI is InChI=1S/C20H32N6.HI/c1-4-25(19-10-6-5-7-11-19)14-8-12-22-20(21-3)23-13-9-15-26-17-18(2)16-24-26;/h5-7,10-11,16-17H,4,8-9,12-15H2,1-3H3,(H2,21,22,23);1H. The summed E-state index contributed by atoms with van der Waals surface area (Å²) in [5.41, 5.74) is 2.48. The van der Waals surface area contributed by atoms with Crippen molar-refractivity contribution in [2.45, 2.75) is 33.2 Å². The molecule has 1 aromatic heterocycles. The zero-order valence-electron chi connectivity index (χ0n) is 16.7. The van der Waals surface area contributed by atoms with Gasteiger partial charge in [0.1, 0.15) is 0 Å². The Morgan fingerprint density at radius 1 is 1.15 bits per heavy atom. The number of nitrogens with one attached hydrogen (secondary N) is 2. The molecule has 0 aliphatic rings. The molecule has 0 spiro atoms. The van der Waals surface area contributed by atoms with E-state index in [1.54, 1.807) is 0 Å². The van der Waals surface area contributed by atoms with Gasteiger partial charge in [-0.3, -0.25) is 9.67 Å². The Morgan fingerprint density at radius 2 is 1.85 bits per heavy atom. The van der Waals surface area contributed by atoms with Crippen LogP contribution in [0.3, 0.4) is 0 Å². The lowest BCUT2D eigenvalue weighted by Gasteiger charge is -2.23. The number of aliphatic imine (C=N–C) groups is 1. The van der Waals surface area contributed by atoms with Gasteiger partial charge in [0.2, 0.25) is 0 Å². The van der Waals surface area contributed by atoms with Crippen LogP contribution in [0.2, 0.25) is 0 Å². The predicted octanol–water partition coefficient (Wildman–Crippen LogP) is 3.28. The Labute approximate surface area is 180 Å². The van der Waals surface area contributed by atoms with Crippen molar-refractivity contribution < 1.29 is 0 Å². The molecule has 1 aromatic carbocycles. The number of hydrogen-bond acceptors (Lipinski definition) is 3. The van der Waals surface area contributed by atoms with Crippen LogP contribution in [0.1, 0.15) is 25.3 Å². The van der Waals surface area contributed by atoms with Crippen LogP contribution >= 0.6 is 24.0 Å². The smallest absolute Gasteiger partial charge is 0.190 e. The summed E-state index contributed by atoms with van der Waals surface area (Å²) in [6, 6.07) is 10.6. The van der Waals surface area contributed by atoms with Gasteiger partial charge in [-0.2, -0.15) is 5.10 Å². The first-order valence-corrected chi connectivity index (χ1v) is 9.46. The molecular weight excluding hydrogens is 451 g/mol. The lowest BCUT2D eigenvalue weighted by atomic mass is 10.2. The molecule has 0 saturated carbocycles. The molecule has 0 unspecified atom stereocenters. The molecule has 0 bridgehead atoms. The second-order valence-electron chi connectivity index (χ2n) is 6.33. The largest absolute Gasteiger partial charge is 0.372 e. The lowest BCUT2D eigenvalue weighted by molar-refractivity contribution is 0.569. The summed E-state index contributed by atoms with van der Waals surface area (Å²) < 4.78 is 1.98. The minimum Gasteiger partial charge on any atom is -0.372 e. The number of anilines is 1. The van der Waals surface area contributed by atoms with Crippen molar-refractivity contribution in [2.24, 2.45) is 4.99 Å². The van der Waals surface area contributed by atoms with Gasteiger partial charge in [-0.05, 0) is 44.4 Å². The Kier molecular flexibility index (Phi) is 11.6. The summed E-state index contributed by atoms with van der Waals surface area (Å²) in [4.78, 5) is 6.68. The summed E-state index contributed by atoms with van der Waals surface area (Å²) in [7, 11) is 1.81. The summed E-state index contributed by atoms with van der Waals surface area (Å²) in [5.74, 6) is 0.865. The van der Waals surface area contributed by atoms with E-state index in [4.69, 9.17) is 0 Å². The zero-order chi connectivity index (χ0) is 18.6. The fourth-order valence-electron chi connectivity index (χ4n) is 2.84. The third kappa shape index (κ3) is 8.64. The van der Waals surface area contributed by atoms with Crippen LogP contribution in [0.5, 0.6) is 0 Å². The number of hydrogen-bond donors (Lipinski definition) is 2. The van der Waals surface area contributed by atoms with Gasteiger partial charge in [0.15, 0.2) is 5.96 Å². The van der Waals surface area contributed by atoms with E-state index < -0.39 is 0 Å². The molecule has 0 aliphatic heterocycles. The minimum absolute atomic E-state index is 0. The van der Waals surface area contributed by atoms with E-state index in [0.717, 1.165) is 51.5 Å². The number of guanidine groups is 1. The predicted molar refractivity (Wildman–Crippen MR) is 125 cm³/mol. The van der Waals surface area contributed by atoms with E-state index in [1.807, 2.05) is 17.9 Å². The van der Waals surface area contributed by atoms with Gasteiger partial charge < -0.3 is 15.5 Å². The fourth-order valence-corrected chi connectivity index (χ4v) is 2.84. The Morgan fingerprint density at radius 3 is 2.44 bits per heavy atom. The highest BCUT2D eigenvalue weighted by molar-refractivity contribution is 14.0. The third-order valence-electron chi connectivity index (χ3n) is 4.24. The fraction of sp³-hybridized carbons (Fsp3) is 0.500. The van der Waals surface area contributed by atoms with E-state index in [9.17, 15) is 0 Å². The molecule has 0 aliphatic carbocycles. The van der Waals surface area contributed by atoms with Crippen molar-refractivity contribution in [3.8, 4) is 0 Å². The van der Waals surface area contributed by atoms with Crippen LogP contribution in [0.15, 0.2) is 47.7 Å². The molecule has 0 atom stereocenters. The van der Waals surface area contributed by atoms with Crippen molar-refractivity contribution in [3.05, 3.63) is 48.3 Å². The van der Waals surface area contributed by atoms with E-state index >= 15 is 0 Å². The van der Waals surface area contributed by atoms with Crippen molar-refractivity contribution in [3.63, 3.8) is 0 Å². The number of benzene rings is 1. The molecule has 0 saturated heterocycles. The van der Waals surface area contributed by atoms with Gasteiger partial charge in [0.05, 0.1) is 6.20 Å². The second-order valence-corrected chi connectivity index (χ2v) is 6.33. The zero-order valence-corrected chi connectivity index (χ0v) is 19.0. The molecule has 6 nitrogen and oxygen atoms in total. The molecule has 1 heterocycles. The Hall–Kier alpha value is -1.77. The van der Waals surface area contributed by atoms with Crippen molar-refractivity contribution in [1.29, 1.82) is 0 Å². The molecular formula is C20H33IN6. The van der Waals surface area contributed by atoms with Gasteiger partial charge in [-0.15, -0.1) is 24.0 Å².